The monoisotopic (exact) mass is 320 g/mol. The number of rotatable bonds is 3. The smallest absolute Gasteiger partial charge is 0.416 e. The van der Waals surface area contributed by atoms with Gasteiger partial charge in [0.25, 0.3) is 0 Å². The molecule has 2 aromatic carbocycles. The van der Waals surface area contributed by atoms with Gasteiger partial charge in [0.1, 0.15) is 0 Å². The summed E-state index contributed by atoms with van der Waals surface area (Å²) in [6.45, 7) is -0.163. The first-order valence-corrected chi connectivity index (χ1v) is 6.72. The number of nitrogens with zero attached hydrogens (tertiary/aromatic N) is 2. The van der Waals surface area contributed by atoms with Gasteiger partial charge in [-0.3, -0.25) is 4.68 Å². The molecule has 0 saturated carbocycles. The zero-order valence-corrected chi connectivity index (χ0v) is 11.7. The minimum absolute atomic E-state index is 0.0326. The Bertz CT molecular complexity index is 884. The molecule has 0 aliphatic heterocycles. The lowest BCUT2D eigenvalue weighted by Gasteiger charge is -2.13. The highest BCUT2D eigenvalue weighted by Crippen LogP contribution is 2.32. The maximum absolute atomic E-state index is 13.1. The number of carboxylic acid groups (broad SMARTS) is 1. The van der Waals surface area contributed by atoms with Crippen LogP contribution in [0.3, 0.4) is 0 Å². The predicted octanol–water partition coefficient (Wildman–Crippen LogP) is 3.80. The van der Waals surface area contributed by atoms with Crippen LogP contribution in [-0.4, -0.2) is 20.9 Å². The highest BCUT2D eigenvalue weighted by molar-refractivity contribution is 6.01. The number of aromatic carboxylic acids is 1. The van der Waals surface area contributed by atoms with Gasteiger partial charge in [0.05, 0.1) is 17.6 Å². The SMILES string of the molecule is O=C(O)c1nn(Cc2ccccc2C(F)(F)F)c2ccccc12. The summed E-state index contributed by atoms with van der Waals surface area (Å²) in [7, 11) is 0. The summed E-state index contributed by atoms with van der Waals surface area (Å²) in [4.78, 5) is 11.3. The van der Waals surface area contributed by atoms with E-state index in [4.69, 9.17) is 0 Å². The molecule has 0 radical (unpaired) electrons. The van der Waals surface area contributed by atoms with E-state index in [9.17, 15) is 23.1 Å². The number of carboxylic acids is 1. The first kappa shape index (κ1) is 15.1. The van der Waals surface area contributed by atoms with Crippen molar-refractivity contribution in [3.63, 3.8) is 0 Å². The predicted molar refractivity (Wildman–Crippen MR) is 77.2 cm³/mol. The molecule has 0 aliphatic rings. The second-order valence-corrected chi connectivity index (χ2v) is 4.98. The summed E-state index contributed by atoms with van der Waals surface area (Å²) in [6.07, 6.45) is -4.48. The molecule has 0 fully saturated rings. The number of fused-ring (bicyclic) bond motifs is 1. The maximum Gasteiger partial charge on any atom is 0.416 e. The average molecular weight is 320 g/mol. The van der Waals surface area contributed by atoms with Gasteiger partial charge in [-0.25, -0.2) is 4.79 Å². The van der Waals surface area contributed by atoms with E-state index in [1.807, 2.05) is 0 Å². The Morgan fingerprint density at radius 1 is 1.09 bits per heavy atom. The van der Waals surface area contributed by atoms with E-state index in [2.05, 4.69) is 5.10 Å². The van der Waals surface area contributed by atoms with E-state index in [0.717, 1.165) is 6.07 Å². The molecule has 1 N–H and O–H groups in total. The van der Waals surface area contributed by atoms with Crippen LogP contribution in [0.2, 0.25) is 0 Å². The first-order chi connectivity index (χ1) is 10.9. The zero-order chi connectivity index (χ0) is 16.6. The summed E-state index contributed by atoms with van der Waals surface area (Å²) in [5, 5.41) is 13.5. The van der Waals surface area contributed by atoms with Crippen LogP contribution in [0.4, 0.5) is 13.2 Å². The van der Waals surface area contributed by atoms with E-state index >= 15 is 0 Å². The number of aromatic nitrogens is 2. The Labute approximate surface area is 128 Å². The van der Waals surface area contributed by atoms with Crippen molar-refractivity contribution in [2.24, 2.45) is 0 Å². The lowest BCUT2D eigenvalue weighted by Crippen LogP contribution is -2.12. The molecule has 3 aromatic rings. The van der Waals surface area contributed by atoms with Crippen LogP contribution < -0.4 is 0 Å². The largest absolute Gasteiger partial charge is 0.476 e. The quantitative estimate of drug-likeness (QED) is 0.798. The minimum atomic E-state index is -4.48. The first-order valence-electron chi connectivity index (χ1n) is 6.72. The molecule has 0 unspecified atom stereocenters. The van der Waals surface area contributed by atoms with Crippen LogP contribution in [0.25, 0.3) is 10.9 Å². The fourth-order valence-corrected chi connectivity index (χ4v) is 2.50. The van der Waals surface area contributed by atoms with Crippen molar-refractivity contribution in [2.75, 3.05) is 0 Å². The highest BCUT2D eigenvalue weighted by atomic mass is 19.4. The summed E-state index contributed by atoms with van der Waals surface area (Å²) in [6, 6.07) is 11.7. The second-order valence-electron chi connectivity index (χ2n) is 4.98. The minimum Gasteiger partial charge on any atom is -0.476 e. The molecule has 0 atom stereocenters. The van der Waals surface area contributed by atoms with Gasteiger partial charge < -0.3 is 5.11 Å². The molecule has 1 aromatic heterocycles. The van der Waals surface area contributed by atoms with Crippen molar-refractivity contribution in [2.45, 2.75) is 12.7 Å². The normalized spacial score (nSPS) is 11.8. The summed E-state index contributed by atoms with van der Waals surface area (Å²) < 4.78 is 40.5. The van der Waals surface area contributed by atoms with Gasteiger partial charge >= 0.3 is 12.1 Å². The lowest BCUT2D eigenvalue weighted by atomic mass is 10.1. The van der Waals surface area contributed by atoms with Crippen molar-refractivity contribution in [3.8, 4) is 0 Å². The van der Waals surface area contributed by atoms with Crippen molar-refractivity contribution in [1.82, 2.24) is 9.78 Å². The molecule has 3 rings (SSSR count). The number of alkyl halides is 3. The van der Waals surface area contributed by atoms with E-state index in [0.29, 0.717) is 10.9 Å². The summed E-state index contributed by atoms with van der Waals surface area (Å²) in [5.74, 6) is -1.22. The topological polar surface area (TPSA) is 55.1 Å². The number of hydrogen-bond acceptors (Lipinski definition) is 2. The van der Waals surface area contributed by atoms with Crippen LogP contribution in [0, 0.1) is 0 Å². The van der Waals surface area contributed by atoms with Crippen LogP contribution in [-0.2, 0) is 12.7 Å². The van der Waals surface area contributed by atoms with Gasteiger partial charge in [0.15, 0.2) is 5.69 Å². The van der Waals surface area contributed by atoms with E-state index in [1.54, 1.807) is 24.3 Å². The van der Waals surface area contributed by atoms with Crippen LogP contribution >= 0.6 is 0 Å². The standard InChI is InChI=1S/C16H11F3N2O2/c17-16(18,19)12-7-3-1-5-10(12)9-21-13-8-4-2-6-11(13)14(20-21)15(22)23/h1-8H,9H2,(H,22,23). The Kier molecular flexibility index (Phi) is 3.55. The van der Waals surface area contributed by atoms with Crippen molar-refractivity contribution in [1.29, 1.82) is 0 Å². The molecule has 0 spiro atoms. The van der Waals surface area contributed by atoms with Crippen molar-refractivity contribution >= 4 is 16.9 Å². The number of hydrogen-bond donors (Lipinski definition) is 1. The van der Waals surface area contributed by atoms with Crippen LogP contribution in [0.15, 0.2) is 48.5 Å². The Hall–Kier alpha value is -2.83. The zero-order valence-electron chi connectivity index (χ0n) is 11.7. The molecule has 0 bridgehead atoms. The van der Waals surface area contributed by atoms with E-state index < -0.39 is 17.7 Å². The van der Waals surface area contributed by atoms with Gasteiger partial charge in [0, 0.05) is 5.39 Å². The fraction of sp³-hybridized carbons (Fsp3) is 0.125. The Morgan fingerprint density at radius 2 is 1.74 bits per heavy atom. The van der Waals surface area contributed by atoms with Crippen LogP contribution in [0.5, 0.6) is 0 Å². The number of para-hydroxylation sites is 1. The summed E-state index contributed by atoms with van der Waals surface area (Å²) in [5.41, 5.74) is -0.423. The molecule has 1 heterocycles. The van der Waals surface area contributed by atoms with Gasteiger partial charge in [0.2, 0.25) is 0 Å². The summed E-state index contributed by atoms with van der Waals surface area (Å²) >= 11 is 0. The maximum atomic E-state index is 13.1. The third-order valence-corrected chi connectivity index (χ3v) is 3.50. The third kappa shape index (κ3) is 2.77. The van der Waals surface area contributed by atoms with Crippen molar-refractivity contribution < 1.29 is 23.1 Å². The van der Waals surface area contributed by atoms with Crippen LogP contribution in [0.1, 0.15) is 21.6 Å². The number of benzene rings is 2. The molecule has 0 amide bonds. The van der Waals surface area contributed by atoms with Gasteiger partial charge in [-0.15, -0.1) is 0 Å². The number of halogens is 3. The Balaban J connectivity index is 2.12. The van der Waals surface area contributed by atoms with Gasteiger partial charge in [-0.05, 0) is 17.7 Å². The van der Waals surface area contributed by atoms with E-state index in [1.165, 1.54) is 22.9 Å². The van der Waals surface area contributed by atoms with Crippen molar-refractivity contribution in [3.05, 3.63) is 65.4 Å². The molecule has 4 nitrogen and oxygen atoms in total. The third-order valence-electron chi connectivity index (χ3n) is 3.50. The lowest BCUT2D eigenvalue weighted by molar-refractivity contribution is -0.138. The molecular formula is C16H11F3N2O2. The number of carbonyl (C=O) groups is 1. The Morgan fingerprint density at radius 3 is 2.43 bits per heavy atom. The second kappa shape index (κ2) is 5.42. The molecule has 0 saturated heterocycles. The van der Waals surface area contributed by atoms with Gasteiger partial charge in [-0.1, -0.05) is 36.4 Å². The van der Waals surface area contributed by atoms with Gasteiger partial charge in [-0.2, -0.15) is 18.3 Å². The molecular weight excluding hydrogens is 309 g/mol. The van der Waals surface area contributed by atoms with E-state index in [-0.39, 0.29) is 17.8 Å². The highest BCUT2D eigenvalue weighted by Gasteiger charge is 2.33. The average Bonchev–Trinajstić information content (AvgIpc) is 2.86. The molecule has 118 valence electrons. The molecule has 0 aliphatic carbocycles. The molecule has 7 heteroatoms. The molecule has 23 heavy (non-hydrogen) atoms. The fourth-order valence-electron chi connectivity index (χ4n) is 2.50.